The number of hydrogen-bond acceptors (Lipinski definition) is 2. The van der Waals surface area contributed by atoms with Crippen molar-refractivity contribution >= 4 is 32.9 Å². The van der Waals surface area contributed by atoms with E-state index in [1.807, 2.05) is 0 Å². The molecule has 0 atom stereocenters. The minimum Gasteiger partial charge on any atom is -0.369 e. The molecule has 3 aromatic rings. The van der Waals surface area contributed by atoms with Crippen molar-refractivity contribution in [3.8, 4) is 5.69 Å². The molecule has 2 aromatic carbocycles. The first-order valence-electron chi connectivity index (χ1n) is 5.56. The highest BCUT2D eigenvalue weighted by Crippen LogP contribution is 2.28. The van der Waals surface area contributed by atoms with Crippen molar-refractivity contribution in [2.24, 2.45) is 0 Å². The molecule has 1 heterocycles. The first-order valence-corrected chi connectivity index (χ1v) is 6.35. The first-order chi connectivity index (χ1) is 9.47. The first kappa shape index (κ1) is 13.0. The summed E-state index contributed by atoms with van der Waals surface area (Å²) in [5.74, 6) is -1.92. The highest BCUT2D eigenvalue weighted by Gasteiger charge is 2.16. The van der Waals surface area contributed by atoms with E-state index in [9.17, 15) is 13.2 Å². The normalized spacial score (nSPS) is 11.2. The van der Waals surface area contributed by atoms with Crippen LogP contribution in [0.4, 0.5) is 19.1 Å². The average Bonchev–Trinajstić information content (AvgIpc) is 2.69. The molecule has 2 N–H and O–H groups in total. The number of nitrogens with two attached hydrogens (primary N) is 1. The van der Waals surface area contributed by atoms with Crippen LogP contribution in [0.1, 0.15) is 0 Å². The molecule has 0 bridgehead atoms. The number of halogens is 4. The molecule has 3 rings (SSSR count). The molecule has 0 aliphatic carbocycles. The second-order valence-corrected chi connectivity index (χ2v) is 5.01. The molecule has 3 nitrogen and oxygen atoms in total. The van der Waals surface area contributed by atoms with Gasteiger partial charge in [0.2, 0.25) is 5.95 Å². The topological polar surface area (TPSA) is 43.8 Å². The zero-order valence-corrected chi connectivity index (χ0v) is 11.5. The van der Waals surface area contributed by atoms with Crippen LogP contribution >= 0.6 is 15.9 Å². The minimum absolute atomic E-state index is 0.00655. The predicted octanol–water partition coefficient (Wildman–Crippen LogP) is 3.79. The number of aromatic nitrogens is 2. The lowest BCUT2D eigenvalue weighted by Crippen LogP contribution is -2.04. The Morgan fingerprint density at radius 3 is 2.55 bits per heavy atom. The van der Waals surface area contributed by atoms with E-state index < -0.39 is 17.5 Å². The third-order valence-corrected chi connectivity index (χ3v) is 3.48. The van der Waals surface area contributed by atoms with E-state index >= 15 is 0 Å². The number of imidazole rings is 1. The van der Waals surface area contributed by atoms with Gasteiger partial charge in [0.15, 0.2) is 0 Å². The largest absolute Gasteiger partial charge is 0.369 e. The van der Waals surface area contributed by atoms with Gasteiger partial charge in [-0.1, -0.05) is 0 Å². The third-order valence-electron chi connectivity index (χ3n) is 2.87. The summed E-state index contributed by atoms with van der Waals surface area (Å²) in [6.07, 6.45) is 0. The summed E-state index contributed by atoms with van der Waals surface area (Å²) in [5, 5.41) is 0. The zero-order chi connectivity index (χ0) is 14.4. The molecular weight excluding hydrogens is 335 g/mol. The molecule has 0 unspecified atom stereocenters. The van der Waals surface area contributed by atoms with Crippen LogP contribution in [0, 0.1) is 17.5 Å². The van der Waals surface area contributed by atoms with Crippen LogP contribution in [0.25, 0.3) is 16.7 Å². The summed E-state index contributed by atoms with van der Waals surface area (Å²) >= 11 is 2.89. The lowest BCUT2D eigenvalue weighted by Gasteiger charge is -2.09. The van der Waals surface area contributed by atoms with Gasteiger partial charge < -0.3 is 5.73 Å². The fourth-order valence-electron chi connectivity index (χ4n) is 2.00. The fraction of sp³-hybridized carbons (Fsp3) is 0. The van der Waals surface area contributed by atoms with E-state index in [0.717, 1.165) is 18.2 Å². The zero-order valence-electron chi connectivity index (χ0n) is 9.87. The summed E-state index contributed by atoms with van der Waals surface area (Å²) in [7, 11) is 0. The van der Waals surface area contributed by atoms with E-state index in [1.54, 1.807) is 0 Å². The number of hydrogen-bond donors (Lipinski definition) is 1. The molecule has 7 heteroatoms. The molecule has 102 valence electrons. The molecule has 0 amide bonds. The van der Waals surface area contributed by atoms with Crippen molar-refractivity contribution in [2.75, 3.05) is 5.73 Å². The van der Waals surface area contributed by atoms with E-state index in [4.69, 9.17) is 5.73 Å². The minimum atomic E-state index is -0.700. The third kappa shape index (κ3) is 1.94. The Morgan fingerprint density at radius 1 is 1.05 bits per heavy atom. The molecule has 0 aliphatic rings. The summed E-state index contributed by atoms with van der Waals surface area (Å²) in [5.41, 5.74) is 6.25. The summed E-state index contributed by atoms with van der Waals surface area (Å²) in [6, 6.07) is 5.76. The van der Waals surface area contributed by atoms with Crippen LogP contribution in [0.15, 0.2) is 34.8 Å². The second kappa shape index (κ2) is 4.52. The predicted molar refractivity (Wildman–Crippen MR) is 73.1 cm³/mol. The van der Waals surface area contributed by atoms with Crippen molar-refractivity contribution in [2.45, 2.75) is 0 Å². The molecule has 1 aromatic heterocycles. The van der Waals surface area contributed by atoms with Gasteiger partial charge in [-0.2, -0.15) is 0 Å². The van der Waals surface area contributed by atoms with Gasteiger partial charge in [0, 0.05) is 12.1 Å². The number of nitrogens with zero attached hydrogens (tertiary/aromatic N) is 2. The maximum absolute atomic E-state index is 14.0. The van der Waals surface area contributed by atoms with Gasteiger partial charge in [-0.25, -0.2) is 18.2 Å². The van der Waals surface area contributed by atoms with E-state index in [0.29, 0.717) is 5.52 Å². The lowest BCUT2D eigenvalue weighted by atomic mass is 10.2. The Morgan fingerprint density at radius 2 is 1.80 bits per heavy atom. The Kier molecular flexibility index (Phi) is 2.93. The van der Waals surface area contributed by atoms with Crippen LogP contribution in [-0.2, 0) is 0 Å². The number of fused-ring (bicyclic) bond motifs is 1. The van der Waals surface area contributed by atoms with Crippen LogP contribution in [-0.4, -0.2) is 9.55 Å². The van der Waals surface area contributed by atoms with Gasteiger partial charge in [-0.3, -0.25) is 4.57 Å². The van der Waals surface area contributed by atoms with Crippen molar-refractivity contribution in [1.29, 1.82) is 0 Å². The molecular formula is C13H7BrF3N3. The maximum atomic E-state index is 14.0. The van der Waals surface area contributed by atoms with Gasteiger partial charge in [0.1, 0.15) is 17.5 Å². The number of benzene rings is 2. The van der Waals surface area contributed by atoms with Crippen LogP contribution < -0.4 is 5.73 Å². The smallest absolute Gasteiger partial charge is 0.206 e. The summed E-state index contributed by atoms with van der Waals surface area (Å²) in [6.45, 7) is 0. The van der Waals surface area contributed by atoms with Gasteiger partial charge in [0.25, 0.3) is 0 Å². The van der Waals surface area contributed by atoms with E-state index in [-0.39, 0.29) is 21.6 Å². The molecule has 0 aliphatic heterocycles. The van der Waals surface area contributed by atoms with E-state index in [2.05, 4.69) is 20.9 Å². The van der Waals surface area contributed by atoms with E-state index in [1.165, 1.54) is 16.7 Å². The Hall–Kier alpha value is -2.02. The highest BCUT2D eigenvalue weighted by atomic mass is 79.9. The number of nitrogen functional groups attached to an aromatic ring is 1. The molecule has 0 radical (unpaired) electrons. The molecule has 0 fully saturated rings. The van der Waals surface area contributed by atoms with Crippen LogP contribution in [0.5, 0.6) is 0 Å². The van der Waals surface area contributed by atoms with Crippen LogP contribution in [0.3, 0.4) is 0 Å². The van der Waals surface area contributed by atoms with Crippen molar-refractivity contribution < 1.29 is 13.2 Å². The lowest BCUT2D eigenvalue weighted by molar-refractivity contribution is 0.588. The molecule has 20 heavy (non-hydrogen) atoms. The molecule has 0 saturated heterocycles. The summed E-state index contributed by atoms with van der Waals surface area (Å²) < 4.78 is 42.1. The molecule has 0 spiro atoms. The SMILES string of the molecule is Nc1nc2ccc(F)cc2n1-c1cc(F)c(Br)cc1F. The Balaban J connectivity index is 2.37. The fourth-order valence-corrected chi connectivity index (χ4v) is 2.32. The van der Waals surface area contributed by atoms with Crippen LogP contribution in [0.2, 0.25) is 0 Å². The van der Waals surface area contributed by atoms with Crippen molar-refractivity contribution in [3.05, 3.63) is 52.3 Å². The second-order valence-electron chi connectivity index (χ2n) is 4.16. The quantitative estimate of drug-likeness (QED) is 0.684. The standard InChI is InChI=1S/C13H7BrF3N3/c14-7-4-9(17)11(5-8(7)16)20-12-3-6(15)1-2-10(12)19-13(20)18/h1-5H,(H2,18,19). The highest BCUT2D eigenvalue weighted by molar-refractivity contribution is 9.10. The maximum Gasteiger partial charge on any atom is 0.206 e. The summed E-state index contributed by atoms with van der Waals surface area (Å²) in [4.78, 5) is 4.00. The van der Waals surface area contributed by atoms with Gasteiger partial charge in [-0.05, 0) is 34.1 Å². The number of anilines is 1. The van der Waals surface area contributed by atoms with Crippen molar-refractivity contribution in [3.63, 3.8) is 0 Å². The Labute approximate surface area is 120 Å². The van der Waals surface area contributed by atoms with Gasteiger partial charge in [0.05, 0.1) is 21.2 Å². The monoisotopic (exact) mass is 341 g/mol. The Bertz CT molecular complexity index is 829. The van der Waals surface area contributed by atoms with Crippen molar-refractivity contribution in [1.82, 2.24) is 9.55 Å². The molecule has 0 saturated carbocycles. The average molecular weight is 342 g/mol. The van der Waals surface area contributed by atoms with Gasteiger partial charge >= 0.3 is 0 Å². The number of rotatable bonds is 1. The van der Waals surface area contributed by atoms with Gasteiger partial charge in [-0.15, -0.1) is 0 Å².